The summed E-state index contributed by atoms with van der Waals surface area (Å²) in [5, 5.41) is 0. The fraction of sp³-hybridized carbons (Fsp3) is 0.267. The topological polar surface area (TPSA) is 48.1 Å². The Morgan fingerprint density at radius 2 is 2.16 bits per heavy atom. The van der Waals surface area contributed by atoms with Gasteiger partial charge in [-0.3, -0.25) is 4.98 Å². The largest absolute Gasteiger partial charge is 0.487 e. The summed E-state index contributed by atoms with van der Waals surface area (Å²) in [6.07, 6.45) is 1.73. The summed E-state index contributed by atoms with van der Waals surface area (Å²) in [6, 6.07) is 7.95. The molecule has 2 aromatic rings. The van der Waals surface area contributed by atoms with E-state index in [1.165, 1.54) is 12.1 Å². The number of halogens is 1. The Morgan fingerprint density at radius 3 is 2.84 bits per heavy atom. The zero-order valence-corrected chi connectivity index (χ0v) is 11.1. The highest BCUT2D eigenvalue weighted by molar-refractivity contribution is 5.36. The van der Waals surface area contributed by atoms with E-state index in [9.17, 15) is 4.39 Å². The van der Waals surface area contributed by atoms with Gasteiger partial charge in [-0.2, -0.15) is 0 Å². The summed E-state index contributed by atoms with van der Waals surface area (Å²) >= 11 is 0. The highest BCUT2D eigenvalue weighted by atomic mass is 19.1. The Kier molecular flexibility index (Phi) is 4.12. The molecule has 4 heteroatoms. The van der Waals surface area contributed by atoms with Gasteiger partial charge in [-0.1, -0.05) is 6.07 Å². The molecule has 0 amide bonds. The van der Waals surface area contributed by atoms with Gasteiger partial charge in [0.2, 0.25) is 0 Å². The number of nitrogens with two attached hydrogens (primary N) is 1. The molecule has 100 valence electrons. The Labute approximate surface area is 112 Å². The lowest BCUT2D eigenvalue weighted by Crippen LogP contribution is -2.09. The van der Waals surface area contributed by atoms with Gasteiger partial charge >= 0.3 is 0 Å². The van der Waals surface area contributed by atoms with Crippen LogP contribution >= 0.6 is 0 Å². The summed E-state index contributed by atoms with van der Waals surface area (Å²) in [5.41, 5.74) is 8.41. The molecule has 2 N–H and O–H groups in total. The summed E-state index contributed by atoms with van der Waals surface area (Å²) < 4.78 is 18.9. The number of ether oxygens (including phenoxy) is 1. The zero-order valence-electron chi connectivity index (χ0n) is 11.1. The average molecular weight is 260 g/mol. The summed E-state index contributed by atoms with van der Waals surface area (Å²) in [4.78, 5) is 4.26. The zero-order chi connectivity index (χ0) is 13.8. The van der Waals surface area contributed by atoms with E-state index >= 15 is 0 Å². The van der Waals surface area contributed by atoms with E-state index in [1.807, 2.05) is 19.1 Å². The highest BCUT2D eigenvalue weighted by Crippen LogP contribution is 2.25. The lowest BCUT2D eigenvalue weighted by atomic mass is 10.1. The molecule has 0 saturated heterocycles. The SMILES string of the molecule is Cc1cccnc1COc1ccc(F)cc1[C@H](C)N. The molecule has 0 aliphatic carbocycles. The molecular weight excluding hydrogens is 243 g/mol. The Balaban J connectivity index is 2.18. The summed E-state index contributed by atoms with van der Waals surface area (Å²) in [6.45, 7) is 4.12. The smallest absolute Gasteiger partial charge is 0.130 e. The van der Waals surface area contributed by atoms with Crippen LogP contribution < -0.4 is 10.5 Å². The molecule has 0 fully saturated rings. The van der Waals surface area contributed by atoms with Gasteiger partial charge in [0.05, 0.1) is 5.69 Å². The van der Waals surface area contributed by atoms with Crippen molar-refractivity contribution in [1.82, 2.24) is 4.98 Å². The van der Waals surface area contributed by atoms with Gasteiger partial charge in [0, 0.05) is 17.8 Å². The molecule has 0 radical (unpaired) electrons. The van der Waals surface area contributed by atoms with Crippen molar-refractivity contribution in [2.24, 2.45) is 5.73 Å². The van der Waals surface area contributed by atoms with Crippen molar-refractivity contribution in [2.75, 3.05) is 0 Å². The van der Waals surface area contributed by atoms with Crippen molar-refractivity contribution >= 4 is 0 Å². The van der Waals surface area contributed by atoms with Crippen molar-refractivity contribution < 1.29 is 9.13 Å². The van der Waals surface area contributed by atoms with Gasteiger partial charge in [0.25, 0.3) is 0 Å². The van der Waals surface area contributed by atoms with E-state index in [0.717, 1.165) is 11.3 Å². The molecule has 1 aromatic carbocycles. The van der Waals surface area contributed by atoms with E-state index in [2.05, 4.69) is 4.98 Å². The van der Waals surface area contributed by atoms with Crippen molar-refractivity contribution in [1.29, 1.82) is 0 Å². The summed E-state index contributed by atoms with van der Waals surface area (Å²) in [5.74, 6) is 0.287. The van der Waals surface area contributed by atoms with Crippen molar-refractivity contribution in [3.05, 3.63) is 59.2 Å². The van der Waals surface area contributed by atoms with Crippen LogP contribution in [0.15, 0.2) is 36.5 Å². The van der Waals surface area contributed by atoms with Crippen molar-refractivity contribution in [3.8, 4) is 5.75 Å². The molecule has 0 unspecified atom stereocenters. The second-order valence-corrected chi connectivity index (χ2v) is 4.53. The summed E-state index contributed by atoms with van der Waals surface area (Å²) in [7, 11) is 0. The predicted molar refractivity (Wildman–Crippen MR) is 72.3 cm³/mol. The Hall–Kier alpha value is -1.94. The first-order valence-electron chi connectivity index (χ1n) is 6.16. The number of aromatic nitrogens is 1. The quantitative estimate of drug-likeness (QED) is 0.918. The van der Waals surface area contributed by atoms with Crippen LogP contribution in [0, 0.1) is 12.7 Å². The van der Waals surface area contributed by atoms with Gasteiger partial charge in [-0.15, -0.1) is 0 Å². The van der Waals surface area contributed by atoms with Crippen LogP contribution in [0.5, 0.6) is 5.75 Å². The molecule has 1 atom stereocenters. The molecule has 1 heterocycles. The van der Waals surface area contributed by atoms with Gasteiger partial charge < -0.3 is 10.5 Å². The average Bonchev–Trinajstić information content (AvgIpc) is 2.38. The molecule has 0 spiro atoms. The Morgan fingerprint density at radius 1 is 1.37 bits per heavy atom. The van der Waals surface area contributed by atoms with Crippen LogP contribution in [-0.2, 0) is 6.61 Å². The minimum atomic E-state index is -0.311. The van der Waals surface area contributed by atoms with Gasteiger partial charge in [0.15, 0.2) is 0 Å². The molecule has 1 aromatic heterocycles. The number of pyridine rings is 1. The molecule has 0 saturated carbocycles. The highest BCUT2D eigenvalue weighted by Gasteiger charge is 2.10. The normalized spacial score (nSPS) is 12.2. The number of hydrogen-bond donors (Lipinski definition) is 1. The third kappa shape index (κ3) is 3.29. The van der Waals surface area contributed by atoms with E-state index in [4.69, 9.17) is 10.5 Å². The van der Waals surface area contributed by atoms with Gasteiger partial charge in [-0.05, 0) is 43.7 Å². The van der Waals surface area contributed by atoms with Crippen molar-refractivity contribution in [2.45, 2.75) is 26.5 Å². The van der Waals surface area contributed by atoms with Crippen LogP contribution in [0.4, 0.5) is 4.39 Å². The van der Waals surface area contributed by atoms with Crippen LogP contribution in [0.1, 0.15) is 29.8 Å². The fourth-order valence-corrected chi connectivity index (χ4v) is 1.82. The molecule has 0 aliphatic rings. The molecule has 0 bridgehead atoms. The third-order valence-electron chi connectivity index (χ3n) is 2.94. The predicted octanol–water partition coefficient (Wildman–Crippen LogP) is 3.13. The van der Waals surface area contributed by atoms with Crippen LogP contribution in [0.25, 0.3) is 0 Å². The molecule has 19 heavy (non-hydrogen) atoms. The van der Waals surface area contributed by atoms with E-state index in [0.29, 0.717) is 17.9 Å². The maximum Gasteiger partial charge on any atom is 0.130 e. The van der Waals surface area contributed by atoms with E-state index in [-0.39, 0.29) is 11.9 Å². The monoisotopic (exact) mass is 260 g/mol. The number of rotatable bonds is 4. The van der Waals surface area contributed by atoms with Crippen molar-refractivity contribution in [3.63, 3.8) is 0 Å². The lowest BCUT2D eigenvalue weighted by Gasteiger charge is -2.14. The van der Waals surface area contributed by atoms with Crippen LogP contribution in [0.2, 0.25) is 0 Å². The van der Waals surface area contributed by atoms with E-state index < -0.39 is 0 Å². The first-order chi connectivity index (χ1) is 9.08. The number of nitrogens with zero attached hydrogens (tertiary/aromatic N) is 1. The van der Waals surface area contributed by atoms with Gasteiger partial charge in [-0.25, -0.2) is 4.39 Å². The Bertz CT molecular complexity index is 570. The molecule has 0 aliphatic heterocycles. The van der Waals surface area contributed by atoms with E-state index in [1.54, 1.807) is 19.2 Å². The van der Waals surface area contributed by atoms with Crippen LogP contribution in [-0.4, -0.2) is 4.98 Å². The minimum Gasteiger partial charge on any atom is -0.487 e. The van der Waals surface area contributed by atoms with Crippen LogP contribution in [0.3, 0.4) is 0 Å². The second-order valence-electron chi connectivity index (χ2n) is 4.53. The third-order valence-corrected chi connectivity index (χ3v) is 2.94. The molecular formula is C15H17FN2O. The lowest BCUT2D eigenvalue weighted by molar-refractivity contribution is 0.295. The second kappa shape index (κ2) is 5.80. The molecule has 2 rings (SSSR count). The number of hydrogen-bond acceptors (Lipinski definition) is 3. The van der Waals surface area contributed by atoms with Gasteiger partial charge in [0.1, 0.15) is 18.2 Å². The molecule has 3 nitrogen and oxygen atoms in total. The maximum absolute atomic E-state index is 13.2. The fourth-order valence-electron chi connectivity index (χ4n) is 1.82. The number of benzene rings is 1. The minimum absolute atomic E-state index is 0.282. The first kappa shape index (κ1) is 13.5. The maximum atomic E-state index is 13.2. The standard InChI is InChI=1S/C15H17FN2O/c1-10-4-3-7-18-14(10)9-19-15-6-5-12(16)8-13(15)11(2)17/h3-8,11H,9,17H2,1-2H3/t11-/m0/s1. The first-order valence-corrected chi connectivity index (χ1v) is 6.16. The number of aryl methyl sites for hydroxylation is 1.